The largest absolute Gasteiger partial charge is 0.497 e. The summed E-state index contributed by atoms with van der Waals surface area (Å²) in [5, 5.41) is 1.32. The predicted octanol–water partition coefficient (Wildman–Crippen LogP) is 5.05. The van der Waals surface area contributed by atoms with Crippen molar-refractivity contribution in [1.82, 2.24) is 9.55 Å². The second-order valence-corrected chi connectivity index (χ2v) is 9.11. The minimum Gasteiger partial charge on any atom is -0.497 e. The number of nitrogens with zero attached hydrogens (tertiary/aromatic N) is 2. The van der Waals surface area contributed by atoms with Crippen LogP contribution in [0.1, 0.15) is 32.9 Å². The molecule has 0 radical (unpaired) electrons. The average molecular weight is 502 g/mol. The maximum atomic E-state index is 12.4. The molecular weight excluding hydrogens is 478 g/mol. The number of nitrogens with two attached hydrogens (primary N) is 1. The second-order valence-electron chi connectivity index (χ2n) is 8.68. The van der Waals surface area contributed by atoms with Crippen molar-refractivity contribution in [3.05, 3.63) is 104 Å². The van der Waals surface area contributed by atoms with Gasteiger partial charge in [-0.1, -0.05) is 35.9 Å². The highest BCUT2D eigenvalue weighted by Gasteiger charge is 2.19. The summed E-state index contributed by atoms with van der Waals surface area (Å²) in [7, 11) is 1.64. The molecule has 0 aliphatic rings. The molecule has 5 aromatic rings. The normalized spacial score (nSPS) is 11.3. The maximum Gasteiger partial charge on any atom is 0.349 e. The van der Waals surface area contributed by atoms with Crippen molar-refractivity contribution in [2.75, 3.05) is 7.11 Å². The number of aromatic nitrogens is 2. The van der Waals surface area contributed by atoms with Crippen LogP contribution in [-0.4, -0.2) is 22.6 Å². The van der Waals surface area contributed by atoms with E-state index in [9.17, 15) is 9.59 Å². The highest BCUT2D eigenvalue weighted by molar-refractivity contribution is 6.30. The van der Waals surface area contributed by atoms with Gasteiger partial charge in [-0.05, 0) is 60.4 Å². The van der Waals surface area contributed by atoms with Crippen LogP contribution in [0.3, 0.4) is 0 Å². The highest BCUT2D eigenvalue weighted by Crippen LogP contribution is 2.28. The first kappa shape index (κ1) is 23.6. The Bertz CT molecular complexity index is 1670. The summed E-state index contributed by atoms with van der Waals surface area (Å²) >= 11 is 6.19. The van der Waals surface area contributed by atoms with E-state index in [1.165, 1.54) is 0 Å². The van der Waals surface area contributed by atoms with E-state index in [1.54, 1.807) is 14.0 Å². The SMILES string of the molecule is COc1ccc(Cc2nc3cc4c(C)c(C(N)=O)c(=O)oc4cc3n2CCc2cccc(Cl)c2)cc1. The number of aryl methyl sites for hydroxylation is 3. The van der Waals surface area contributed by atoms with Crippen molar-refractivity contribution < 1.29 is 13.9 Å². The number of hydrogen-bond acceptors (Lipinski definition) is 5. The number of rotatable bonds is 7. The van der Waals surface area contributed by atoms with Crippen LogP contribution in [0.2, 0.25) is 5.02 Å². The van der Waals surface area contributed by atoms with E-state index in [0.717, 1.165) is 40.2 Å². The summed E-state index contributed by atoms with van der Waals surface area (Å²) in [5.74, 6) is 0.841. The zero-order chi connectivity index (χ0) is 25.4. The van der Waals surface area contributed by atoms with E-state index in [2.05, 4.69) is 4.57 Å². The van der Waals surface area contributed by atoms with Crippen LogP contribution in [0, 0.1) is 6.92 Å². The third-order valence-electron chi connectivity index (χ3n) is 6.40. The van der Waals surface area contributed by atoms with Gasteiger partial charge in [0.25, 0.3) is 5.91 Å². The van der Waals surface area contributed by atoms with Gasteiger partial charge in [0.1, 0.15) is 22.7 Å². The number of carbonyl (C=O) groups is 1. The van der Waals surface area contributed by atoms with Crippen molar-refractivity contribution in [3.63, 3.8) is 0 Å². The summed E-state index contributed by atoms with van der Waals surface area (Å²) in [6.45, 7) is 2.34. The number of ether oxygens (including phenoxy) is 1. The molecule has 5 rings (SSSR count). The number of imidazole rings is 1. The Kier molecular flexibility index (Phi) is 6.24. The van der Waals surface area contributed by atoms with Crippen molar-refractivity contribution in [2.24, 2.45) is 5.73 Å². The zero-order valence-corrected chi connectivity index (χ0v) is 20.6. The van der Waals surface area contributed by atoms with E-state index >= 15 is 0 Å². The van der Waals surface area contributed by atoms with Gasteiger partial charge in [0.2, 0.25) is 0 Å². The number of methoxy groups -OCH3 is 1. The summed E-state index contributed by atoms with van der Waals surface area (Å²) < 4.78 is 12.9. The predicted molar refractivity (Wildman–Crippen MR) is 140 cm³/mol. The molecule has 182 valence electrons. The summed E-state index contributed by atoms with van der Waals surface area (Å²) in [6.07, 6.45) is 1.34. The molecule has 0 unspecified atom stereocenters. The van der Waals surface area contributed by atoms with Gasteiger partial charge in [-0.3, -0.25) is 4.79 Å². The van der Waals surface area contributed by atoms with Crippen LogP contribution in [-0.2, 0) is 19.4 Å². The number of hydrogen-bond donors (Lipinski definition) is 1. The molecule has 2 aromatic heterocycles. The van der Waals surface area contributed by atoms with Gasteiger partial charge in [0, 0.05) is 29.4 Å². The molecule has 2 N–H and O–H groups in total. The Morgan fingerprint density at radius 3 is 2.58 bits per heavy atom. The first-order valence-electron chi connectivity index (χ1n) is 11.5. The van der Waals surface area contributed by atoms with Gasteiger partial charge in [-0.15, -0.1) is 0 Å². The lowest BCUT2D eigenvalue weighted by Gasteiger charge is -2.11. The van der Waals surface area contributed by atoms with Gasteiger partial charge in [-0.2, -0.15) is 0 Å². The topological polar surface area (TPSA) is 100 Å². The lowest BCUT2D eigenvalue weighted by molar-refractivity contribution is 0.0996. The number of fused-ring (bicyclic) bond motifs is 2. The minimum atomic E-state index is -0.810. The molecule has 0 atom stereocenters. The van der Waals surface area contributed by atoms with Gasteiger partial charge >= 0.3 is 5.63 Å². The molecule has 0 bridgehead atoms. The van der Waals surface area contributed by atoms with E-state index in [0.29, 0.717) is 34.5 Å². The fraction of sp³-hybridized carbons (Fsp3) is 0.179. The van der Waals surface area contributed by atoms with Crippen LogP contribution in [0.15, 0.2) is 69.9 Å². The van der Waals surface area contributed by atoms with Crippen LogP contribution in [0.25, 0.3) is 22.0 Å². The first-order chi connectivity index (χ1) is 17.3. The average Bonchev–Trinajstić information content (AvgIpc) is 3.17. The third kappa shape index (κ3) is 4.45. The summed E-state index contributed by atoms with van der Waals surface area (Å²) in [5.41, 5.74) is 9.18. The highest BCUT2D eigenvalue weighted by atomic mass is 35.5. The quantitative estimate of drug-likeness (QED) is 0.315. The van der Waals surface area contributed by atoms with Crippen LogP contribution in [0.4, 0.5) is 0 Å². The van der Waals surface area contributed by atoms with Crippen LogP contribution < -0.4 is 16.1 Å². The van der Waals surface area contributed by atoms with Crippen LogP contribution in [0.5, 0.6) is 5.75 Å². The van der Waals surface area contributed by atoms with Gasteiger partial charge in [-0.25, -0.2) is 9.78 Å². The lowest BCUT2D eigenvalue weighted by Crippen LogP contribution is -2.22. The number of benzene rings is 3. The van der Waals surface area contributed by atoms with Gasteiger partial charge < -0.3 is 19.5 Å². The Morgan fingerprint density at radius 2 is 1.89 bits per heavy atom. The van der Waals surface area contributed by atoms with E-state index in [-0.39, 0.29) is 5.56 Å². The lowest BCUT2D eigenvalue weighted by atomic mass is 10.1. The monoisotopic (exact) mass is 501 g/mol. The molecule has 3 aromatic carbocycles. The van der Waals surface area contributed by atoms with Crippen molar-refractivity contribution >= 4 is 39.5 Å². The zero-order valence-electron chi connectivity index (χ0n) is 19.9. The van der Waals surface area contributed by atoms with Gasteiger partial charge in [0.15, 0.2) is 0 Å². The van der Waals surface area contributed by atoms with Crippen LogP contribution >= 0.6 is 11.6 Å². The fourth-order valence-electron chi connectivity index (χ4n) is 4.55. The molecule has 8 heteroatoms. The molecule has 36 heavy (non-hydrogen) atoms. The Hall–Kier alpha value is -4.10. The smallest absolute Gasteiger partial charge is 0.349 e. The number of carbonyl (C=O) groups excluding carboxylic acids is 1. The number of amides is 1. The maximum absolute atomic E-state index is 12.4. The van der Waals surface area contributed by atoms with Crippen molar-refractivity contribution in [1.29, 1.82) is 0 Å². The summed E-state index contributed by atoms with van der Waals surface area (Å²) in [6, 6.07) is 19.3. The first-order valence-corrected chi connectivity index (χ1v) is 11.9. The fourth-order valence-corrected chi connectivity index (χ4v) is 4.76. The molecule has 0 fully saturated rings. The van der Waals surface area contributed by atoms with Gasteiger partial charge in [0.05, 0.1) is 18.1 Å². The molecule has 0 aliphatic carbocycles. The second kappa shape index (κ2) is 9.51. The van der Waals surface area contributed by atoms with E-state index in [1.807, 2.05) is 60.7 Å². The third-order valence-corrected chi connectivity index (χ3v) is 6.63. The molecule has 0 saturated carbocycles. The van der Waals surface area contributed by atoms with E-state index < -0.39 is 11.5 Å². The molecule has 7 nitrogen and oxygen atoms in total. The van der Waals surface area contributed by atoms with E-state index in [4.69, 9.17) is 31.5 Å². The molecule has 0 spiro atoms. The molecule has 2 heterocycles. The Balaban J connectivity index is 1.64. The standard InChI is InChI=1S/C28H24ClN3O4/c1-16-21-14-22-23(15-24(21)36-28(34)26(16)27(30)33)32(11-10-17-4-3-5-19(29)12-17)25(31-22)13-18-6-8-20(35-2)9-7-18/h3-9,12,14-15H,10-11,13H2,1-2H3,(H2,30,33). The molecule has 1 amide bonds. The number of primary amides is 1. The Labute approximate surface area is 212 Å². The van der Waals surface area contributed by atoms with Crippen molar-refractivity contribution in [2.45, 2.75) is 26.3 Å². The Morgan fingerprint density at radius 1 is 1.11 bits per heavy atom. The molecule has 0 aliphatic heterocycles. The summed E-state index contributed by atoms with van der Waals surface area (Å²) in [4.78, 5) is 29.2. The van der Waals surface area contributed by atoms with Crippen molar-refractivity contribution in [3.8, 4) is 5.75 Å². The molecule has 0 saturated heterocycles. The number of halogens is 1. The minimum absolute atomic E-state index is 0.138. The molecular formula is C28H24ClN3O4.